The van der Waals surface area contributed by atoms with Crippen LogP contribution in [0.4, 0.5) is 11.4 Å². The van der Waals surface area contributed by atoms with E-state index in [2.05, 4.69) is 5.32 Å². The summed E-state index contributed by atoms with van der Waals surface area (Å²) >= 11 is 0. The highest BCUT2D eigenvalue weighted by Crippen LogP contribution is 2.49. The van der Waals surface area contributed by atoms with Crippen molar-refractivity contribution in [2.75, 3.05) is 41.8 Å². The third kappa shape index (κ3) is 11.9. The van der Waals surface area contributed by atoms with Gasteiger partial charge in [-0.2, -0.15) is 46.7 Å². The van der Waals surface area contributed by atoms with Crippen molar-refractivity contribution in [3.05, 3.63) is 94.7 Å². The topological polar surface area (TPSA) is 344 Å². The number of allylic oxidation sites excluding steroid dienone is 8. The van der Waals surface area contributed by atoms with E-state index < -0.39 is 125 Å². The number of fused-ring (bicyclic) bond motifs is 2. The monoisotopic (exact) mass is 1020 g/mol. The van der Waals surface area contributed by atoms with E-state index in [4.69, 9.17) is 0 Å². The molecule has 2 aromatic rings. The van der Waals surface area contributed by atoms with Gasteiger partial charge >= 0.3 is 5.97 Å². The van der Waals surface area contributed by atoms with E-state index in [0.29, 0.717) is 33.9 Å². The molecule has 2 aromatic carbocycles. The number of nitrogens with one attached hydrogen (secondary N) is 1. The molecule has 1 atom stereocenters. The molecule has 0 spiro atoms. The molecule has 1 amide bonds. The van der Waals surface area contributed by atoms with Crippen molar-refractivity contribution >= 4 is 79.6 Å². The summed E-state index contributed by atoms with van der Waals surface area (Å²) < 4.78 is 168. The van der Waals surface area contributed by atoms with Crippen LogP contribution in [-0.2, 0) is 71.0 Å². The molecule has 5 rings (SSSR count). The van der Waals surface area contributed by atoms with Crippen molar-refractivity contribution in [2.45, 2.75) is 74.0 Å². The quantitative estimate of drug-likeness (QED) is 0.0641. The first-order chi connectivity index (χ1) is 30.1. The van der Waals surface area contributed by atoms with Gasteiger partial charge < -0.3 is 15.3 Å². The normalized spacial score (nSPS) is 21.0. The average Bonchev–Trinajstić information content (AvgIpc) is 3.51. The Morgan fingerprint density at radius 1 is 0.712 bits per heavy atom. The number of hydrogen-bond acceptors (Lipinski definition) is 13. The van der Waals surface area contributed by atoms with Gasteiger partial charge in [-0.3, -0.25) is 32.4 Å². The second-order valence-corrected chi connectivity index (χ2v) is 24.7. The first-order valence-electron chi connectivity index (χ1n) is 19.9. The summed E-state index contributed by atoms with van der Waals surface area (Å²) in [6.45, 7) is 6.12. The smallest absolute Gasteiger partial charge is 0.319 e. The first-order valence-corrected chi connectivity index (χ1v) is 27.6. The predicted octanol–water partition coefficient (Wildman–Crippen LogP) is 3.07. The summed E-state index contributed by atoms with van der Waals surface area (Å²) in [5.74, 6) is -4.93. The predicted molar refractivity (Wildman–Crippen MR) is 240 cm³/mol. The van der Waals surface area contributed by atoms with Gasteiger partial charge in [0.05, 0.1) is 32.5 Å². The van der Waals surface area contributed by atoms with E-state index >= 15 is 0 Å². The standard InChI is InChI=1S/C40H49N3O18S5/c1-38(2)30-22-28(65(56,57)58)9-11-32(30)42(16-5-18-62(47,48)49)34(38)13-7-26-21-27(25-40(24-26,37(45)46)36(44)41-15-20-64(53,54)55)8-14-35-39(3,4)31-23-29(66(59,60)61)10-12-33(31)43(35)17-6-19-63(50,51)52/h7-14,21-23H,5-6,15-20,24-25H2,1-4H3,(H6-,41,44,45,46,47,48,49,50,51,52,53,54,55,56,57,58,59,60,61)/p+1. The molecule has 66 heavy (non-hydrogen) atoms. The average molecular weight is 1020 g/mol. The summed E-state index contributed by atoms with van der Waals surface area (Å²) in [6, 6.07) is 7.62. The van der Waals surface area contributed by atoms with Crippen LogP contribution < -0.4 is 10.2 Å². The molecule has 2 aliphatic heterocycles. The molecule has 0 bridgehead atoms. The van der Waals surface area contributed by atoms with Gasteiger partial charge in [0, 0.05) is 54.0 Å². The van der Waals surface area contributed by atoms with Crippen LogP contribution in [0.2, 0.25) is 0 Å². The number of amides is 1. The van der Waals surface area contributed by atoms with E-state index in [1.807, 2.05) is 0 Å². The molecule has 7 N–H and O–H groups in total. The van der Waals surface area contributed by atoms with Crippen LogP contribution in [0.5, 0.6) is 0 Å². The van der Waals surface area contributed by atoms with E-state index in [1.165, 1.54) is 36.4 Å². The van der Waals surface area contributed by atoms with Crippen LogP contribution in [0.25, 0.3) is 0 Å². The minimum Gasteiger partial charge on any atom is -0.480 e. The zero-order valence-corrected chi connectivity index (χ0v) is 40.0. The fourth-order valence-corrected chi connectivity index (χ4v) is 10.8. The van der Waals surface area contributed by atoms with Gasteiger partial charge in [0.1, 0.15) is 6.54 Å². The highest BCUT2D eigenvalue weighted by Gasteiger charge is 2.50. The van der Waals surface area contributed by atoms with Gasteiger partial charge in [0.25, 0.3) is 50.6 Å². The zero-order chi connectivity index (χ0) is 49.6. The molecule has 0 aromatic heterocycles. The molecule has 26 heteroatoms. The van der Waals surface area contributed by atoms with Gasteiger partial charge in [-0.25, -0.2) is 0 Å². The minimum absolute atomic E-state index is 0.0290. The Hall–Kier alpha value is -4.64. The lowest BCUT2D eigenvalue weighted by Gasteiger charge is -2.33. The van der Waals surface area contributed by atoms with Crippen molar-refractivity contribution in [2.24, 2.45) is 5.41 Å². The van der Waals surface area contributed by atoms with Gasteiger partial charge in [0.2, 0.25) is 11.6 Å². The maximum atomic E-state index is 13.9. The summed E-state index contributed by atoms with van der Waals surface area (Å²) in [4.78, 5) is 28.0. The lowest BCUT2D eigenvalue weighted by Crippen LogP contribution is -2.49. The summed E-state index contributed by atoms with van der Waals surface area (Å²) in [5.41, 5.74) is -1.53. The van der Waals surface area contributed by atoms with Crippen molar-refractivity contribution < 1.29 is 84.1 Å². The van der Waals surface area contributed by atoms with Crippen LogP contribution in [0, 0.1) is 5.41 Å². The molecule has 0 saturated heterocycles. The largest absolute Gasteiger partial charge is 0.480 e. The van der Waals surface area contributed by atoms with Gasteiger partial charge in [-0.05, 0) is 86.2 Å². The summed E-state index contributed by atoms with van der Waals surface area (Å²) in [7, 11) is -22.7. The van der Waals surface area contributed by atoms with E-state index in [0.717, 1.165) is 12.1 Å². The Bertz CT molecular complexity index is 3100. The number of aliphatic carboxylic acids is 1. The second-order valence-electron chi connectivity index (χ2n) is 17.2. The van der Waals surface area contributed by atoms with Crippen molar-refractivity contribution in [3.8, 4) is 0 Å². The molecule has 1 aliphatic carbocycles. The Balaban J connectivity index is 1.69. The first kappa shape index (κ1) is 52.3. The molecule has 1 unspecified atom stereocenters. The highest BCUT2D eigenvalue weighted by atomic mass is 32.2. The third-order valence-electron chi connectivity index (χ3n) is 11.7. The van der Waals surface area contributed by atoms with Crippen LogP contribution >= 0.6 is 0 Å². The minimum atomic E-state index is -4.67. The maximum absolute atomic E-state index is 13.9. The number of benzene rings is 2. The zero-order valence-electron chi connectivity index (χ0n) is 35.9. The van der Waals surface area contributed by atoms with Crippen LogP contribution in [-0.4, -0.2) is 129 Å². The molecular formula is C40H50N3O18S5+. The number of carboxylic acids is 1. The number of carbonyl (C=O) groups is 2. The Labute approximate surface area is 383 Å². The molecule has 362 valence electrons. The summed E-state index contributed by atoms with van der Waals surface area (Å²) in [6.07, 6.45) is 6.46. The van der Waals surface area contributed by atoms with Crippen LogP contribution in [0.15, 0.2) is 93.4 Å². The molecule has 0 saturated carbocycles. The number of nitrogens with zero attached hydrogens (tertiary/aromatic N) is 2. The van der Waals surface area contributed by atoms with Gasteiger partial charge in [-0.1, -0.05) is 32.1 Å². The molecule has 2 heterocycles. The Morgan fingerprint density at radius 3 is 1.83 bits per heavy atom. The fourth-order valence-electron chi connectivity index (χ4n) is 8.48. The lowest BCUT2D eigenvalue weighted by atomic mass is 9.71. The lowest BCUT2D eigenvalue weighted by molar-refractivity contribution is -0.437. The van der Waals surface area contributed by atoms with Gasteiger partial charge in [-0.15, -0.1) is 0 Å². The number of rotatable bonds is 18. The molecule has 3 aliphatic rings. The number of carboxylic acid groups (broad SMARTS) is 1. The molecule has 21 nitrogen and oxygen atoms in total. The van der Waals surface area contributed by atoms with Crippen LogP contribution in [0.1, 0.15) is 64.5 Å². The highest BCUT2D eigenvalue weighted by molar-refractivity contribution is 7.86. The fraction of sp³-hybridized carbons (Fsp3) is 0.425. The Kier molecular flexibility index (Phi) is 14.6. The molecule has 0 radical (unpaired) electrons. The number of carbonyl (C=O) groups excluding carboxylic acids is 1. The van der Waals surface area contributed by atoms with Crippen molar-refractivity contribution in [1.82, 2.24) is 5.32 Å². The number of anilines is 1. The van der Waals surface area contributed by atoms with Crippen molar-refractivity contribution in [1.29, 1.82) is 0 Å². The molecular weight excluding hydrogens is 971 g/mol. The van der Waals surface area contributed by atoms with Gasteiger partial charge in [0.15, 0.2) is 11.1 Å². The van der Waals surface area contributed by atoms with E-state index in [-0.39, 0.29) is 37.1 Å². The van der Waals surface area contributed by atoms with E-state index in [1.54, 1.807) is 55.4 Å². The summed E-state index contributed by atoms with van der Waals surface area (Å²) in [5, 5.41) is 13.1. The second kappa shape index (κ2) is 18.5. The number of hydrogen-bond donors (Lipinski definition) is 7. The molecule has 0 fully saturated rings. The maximum Gasteiger partial charge on any atom is 0.319 e. The SMILES string of the molecule is CC1(C)C(/C=C/C2=CC(=C/C=C3/N(CCCS(=O)(=O)O)c4ccc(S(=O)(=O)O)cc4C3(C)C)/CC(C(=O)O)(C(=O)NCCS(=O)(=O)O)C2)=[N+](CCCS(=O)(=O)O)c2ccc(S(=O)(=O)O)cc21. The third-order valence-corrected chi connectivity index (χ3v) is 15.7. The van der Waals surface area contributed by atoms with E-state index in [9.17, 15) is 79.5 Å². The van der Waals surface area contributed by atoms with Crippen LogP contribution in [0.3, 0.4) is 0 Å². The van der Waals surface area contributed by atoms with Crippen molar-refractivity contribution in [3.63, 3.8) is 0 Å². The Morgan fingerprint density at radius 2 is 1.27 bits per heavy atom.